The predicted octanol–water partition coefficient (Wildman–Crippen LogP) is 4.43. The second-order valence-electron chi connectivity index (χ2n) is 4.75. The molecule has 0 fully saturated rings. The van der Waals surface area contributed by atoms with Crippen LogP contribution >= 0.6 is 0 Å². The van der Waals surface area contributed by atoms with Gasteiger partial charge in [0.1, 0.15) is 5.75 Å². The summed E-state index contributed by atoms with van der Waals surface area (Å²) in [6, 6.07) is 17.4. The molecule has 0 bridgehead atoms. The molecule has 0 unspecified atom stereocenters. The fourth-order valence-corrected chi connectivity index (χ4v) is 2.15. The van der Waals surface area contributed by atoms with Crippen LogP contribution in [0.4, 0.5) is 0 Å². The molecule has 1 heteroatoms. The lowest BCUT2D eigenvalue weighted by Crippen LogP contribution is -1.94. The Morgan fingerprint density at radius 1 is 0.684 bits per heavy atom. The van der Waals surface area contributed by atoms with Crippen LogP contribution in [-0.4, -0.2) is 6.61 Å². The third-order valence-corrected chi connectivity index (χ3v) is 3.37. The van der Waals surface area contributed by atoms with Gasteiger partial charge in [0.25, 0.3) is 0 Å². The van der Waals surface area contributed by atoms with Crippen molar-refractivity contribution in [3.8, 4) is 5.75 Å². The summed E-state index contributed by atoms with van der Waals surface area (Å²) < 4.78 is 5.45. The van der Waals surface area contributed by atoms with Crippen molar-refractivity contribution in [1.29, 1.82) is 0 Å². The van der Waals surface area contributed by atoms with E-state index in [-0.39, 0.29) is 0 Å². The Bertz CT molecular complexity index is 482. The fourth-order valence-electron chi connectivity index (χ4n) is 2.15. The standard InChI is InChI=1S/C18H22O/c1-3-15-5-7-16(8-6-15)9-10-17-11-13-18(14-12-17)19-4-2/h5-8,11-14H,3-4,9-10H2,1-2H3. The van der Waals surface area contributed by atoms with Crippen molar-refractivity contribution in [2.75, 3.05) is 6.61 Å². The summed E-state index contributed by atoms with van der Waals surface area (Å²) in [7, 11) is 0. The summed E-state index contributed by atoms with van der Waals surface area (Å²) in [4.78, 5) is 0. The first kappa shape index (κ1) is 13.7. The van der Waals surface area contributed by atoms with Crippen LogP contribution in [0.5, 0.6) is 5.75 Å². The van der Waals surface area contributed by atoms with Crippen molar-refractivity contribution in [1.82, 2.24) is 0 Å². The molecule has 0 aliphatic heterocycles. The first-order chi connectivity index (χ1) is 9.31. The van der Waals surface area contributed by atoms with Gasteiger partial charge < -0.3 is 4.74 Å². The molecule has 0 saturated carbocycles. The van der Waals surface area contributed by atoms with Crippen LogP contribution in [0, 0.1) is 0 Å². The highest BCUT2D eigenvalue weighted by molar-refractivity contribution is 5.29. The fraction of sp³-hybridized carbons (Fsp3) is 0.333. The summed E-state index contributed by atoms with van der Waals surface area (Å²) >= 11 is 0. The molecule has 0 spiro atoms. The molecule has 100 valence electrons. The molecular weight excluding hydrogens is 232 g/mol. The Balaban J connectivity index is 1.90. The van der Waals surface area contributed by atoms with Crippen molar-refractivity contribution in [3.05, 3.63) is 65.2 Å². The number of hydrogen-bond donors (Lipinski definition) is 0. The van der Waals surface area contributed by atoms with E-state index in [2.05, 4.69) is 55.5 Å². The molecule has 2 aromatic rings. The Morgan fingerprint density at radius 2 is 1.16 bits per heavy atom. The third kappa shape index (κ3) is 4.13. The van der Waals surface area contributed by atoms with Gasteiger partial charge in [0.15, 0.2) is 0 Å². The van der Waals surface area contributed by atoms with Crippen LogP contribution in [0.3, 0.4) is 0 Å². The van der Waals surface area contributed by atoms with Crippen LogP contribution < -0.4 is 4.74 Å². The van der Waals surface area contributed by atoms with Crippen LogP contribution in [0.2, 0.25) is 0 Å². The maximum Gasteiger partial charge on any atom is 0.119 e. The van der Waals surface area contributed by atoms with E-state index in [0.717, 1.165) is 31.6 Å². The van der Waals surface area contributed by atoms with Crippen molar-refractivity contribution in [2.45, 2.75) is 33.1 Å². The first-order valence-electron chi connectivity index (χ1n) is 7.11. The topological polar surface area (TPSA) is 9.23 Å². The quantitative estimate of drug-likeness (QED) is 0.741. The molecular formula is C18H22O. The minimum absolute atomic E-state index is 0.725. The molecule has 0 aliphatic rings. The second kappa shape index (κ2) is 6.98. The van der Waals surface area contributed by atoms with Crippen LogP contribution in [0.1, 0.15) is 30.5 Å². The zero-order chi connectivity index (χ0) is 13.5. The number of ether oxygens (including phenoxy) is 1. The van der Waals surface area contributed by atoms with Gasteiger partial charge >= 0.3 is 0 Å². The normalized spacial score (nSPS) is 10.4. The largest absolute Gasteiger partial charge is 0.494 e. The summed E-state index contributed by atoms with van der Waals surface area (Å²) in [5.74, 6) is 0.957. The average molecular weight is 254 g/mol. The molecule has 0 atom stereocenters. The molecule has 19 heavy (non-hydrogen) atoms. The minimum atomic E-state index is 0.725. The first-order valence-corrected chi connectivity index (χ1v) is 7.11. The second-order valence-corrected chi connectivity index (χ2v) is 4.75. The third-order valence-electron chi connectivity index (χ3n) is 3.37. The summed E-state index contributed by atoms with van der Waals surface area (Å²) in [6.07, 6.45) is 3.29. The molecule has 1 nitrogen and oxygen atoms in total. The van der Waals surface area contributed by atoms with Gasteiger partial charge in [0.05, 0.1) is 6.61 Å². The lowest BCUT2D eigenvalue weighted by molar-refractivity contribution is 0.340. The van der Waals surface area contributed by atoms with E-state index in [9.17, 15) is 0 Å². The number of hydrogen-bond acceptors (Lipinski definition) is 1. The van der Waals surface area contributed by atoms with E-state index >= 15 is 0 Å². The number of benzene rings is 2. The zero-order valence-corrected chi connectivity index (χ0v) is 11.9. The Kier molecular flexibility index (Phi) is 5.02. The van der Waals surface area contributed by atoms with E-state index in [0.29, 0.717) is 0 Å². The highest BCUT2D eigenvalue weighted by Gasteiger charge is 1.98. The molecule has 0 aliphatic carbocycles. The molecule has 0 aromatic heterocycles. The van der Waals surface area contributed by atoms with E-state index in [1.54, 1.807) is 0 Å². The van der Waals surface area contributed by atoms with E-state index in [1.165, 1.54) is 16.7 Å². The summed E-state index contributed by atoms with van der Waals surface area (Å²) in [6.45, 7) is 4.92. The lowest BCUT2D eigenvalue weighted by atomic mass is 10.0. The molecule has 0 N–H and O–H groups in total. The van der Waals surface area contributed by atoms with E-state index in [4.69, 9.17) is 4.74 Å². The van der Waals surface area contributed by atoms with Gasteiger partial charge in [-0.15, -0.1) is 0 Å². The molecule has 0 amide bonds. The van der Waals surface area contributed by atoms with Crippen molar-refractivity contribution in [3.63, 3.8) is 0 Å². The Labute approximate surface area is 116 Å². The van der Waals surface area contributed by atoms with Crippen LogP contribution in [-0.2, 0) is 19.3 Å². The van der Waals surface area contributed by atoms with Crippen LogP contribution in [0.25, 0.3) is 0 Å². The highest BCUT2D eigenvalue weighted by Crippen LogP contribution is 2.14. The zero-order valence-electron chi connectivity index (χ0n) is 11.9. The summed E-state index contributed by atoms with van der Waals surface area (Å²) in [5.41, 5.74) is 4.18. The molecule has 2 rings (SSSR count). The van der Waals surface area contributed by atoms with Gasteiger partial charge in [-0.25, -0.2) is 0 Å². The van der Waals surface area contributed by atoms with E-state index in [1.807, 2.05) is 6.92 Å². The average Bonchev–Trinajstić information content (AvgIpc) is 2.47. The Morgan fingerprint density at radius 3 is 1.63 bits per heavy atom. The highest BCUT2D eigenvalue weighted by atomic mass is 16.5. The van der Waals surface area contributed by atoms with Gasteiger partial charge in [0.2, 0.25) is 0 Å². The van der Waals surface area contributed by atoms with Gasteiger partial charge in [-0.2, -0.15) is 0 Å². The van der Waals surface area contributed by atoms with Crippen molar-refractivity contribution in [2.24, 2.45) is 0 Å². The summed E-state index contributed by atoms with van der Waals surface area (Å²) in [5, 5.41) is 0. The van der Waals surface area contributed by atoms with Crippen molar-refractivity contribution < 1.29 is 4.74 Å². The van der Waals surface area contributed by atoms with Gasteiger partial charge in [0, 0.05) is 0 Å². The molecule has 0 heterocycles. The SMILES string of the molecule is CCOc1ccc(CCc2ccc(CC)cc2)cc1. The minimum Gasteiger partial charge on any atom is -0.494 e. The maximum atomic E-state index is 5.45. The van der Waals surface area contributed by atoms with Gasteiger partial charge in [-0.05, 0) is 55.0 Å². The molecule has 0 saturated heterocycles. The molecule has 2 aromatic carbocycles. The van der Waals surface area contributed by atoms with Crippen LogP contribution in [0.15, 0.2) is 48.5 Å². The predicted molar refractivity (Wildman–Crippen MR) is 80.8 cm³/mol. The number of aryl methyl sites for hydroxylation is 3. The number of rotatable bonds is 6. The smallest absolute Gasteiger partial charge is 0.119 e. The van der Waals surface area contributed by atoms with E-state index < -0.39 is 0 Å². The van der Waals surface area contributed by atoms with Gasteiger partial charge in [-0.3, -0.25) is 0 Å². The van der Waals surface area contributed by atoms with Crippen molar-refractivity contribution >= 4 is 0 Å². The maximum absolute atomic E-state index is 5.45. The lowest BCUT2D eigenvalue weighted by Gasteiger charge is -2.06. The molecule has 0 radical (unpaired) electrons. The Hall–Kier alpha value is -1.76. The van der Waals surface area contributed by atoms with Gasteiger partial charge in [-0.1, -0.05) is 43.3 Å². The monoisotopic (exact) mass is 254 g/mol.